The van der Waals surface area contributed by atoms with E-state index >= 15 is 0 Å². The fourth-order valence-corrected chi connectivity index (χ4v) is 7.50. The standard InChI is InChI=1S/C15H8N2OS4/c18-15-21-13-14(22-15)20-12(10-3-7-17-8-4-10)11(19-13)9-1-5-16-6-2-9/h1-8H. The Kier molecular flexibility index (Phi) is 3.87. The number of hydrogen-bond donors (Lipinski definition) is 0. The van der Waals surface area contributed by atoms with E-state index < -0.39 is 0 Å². The molecule has 3 aromatic heterocycles. The Morgan fingerprint density at radius 2 is 1.09 bits per heavy atom. The minimum atomic E-state index is 0.148. The Balaban J connectivity index is 1.90. The van der Waals surface area contributed by atoms with Gasteiger partial charge in [-0.2, -0.15) is 0 Å². The van der Waals surface area contributed by atoms with Gasteiger partial charge >= 0.3 is 0 Å². The third-order valence-corrected chi connectivity index (χ3v) is 8.32. The highest BCUT2D eigenvalue weighted by molar-refractivity contribution is 8.18. The van der Waals surface area contributed by atoms with Gasteiger partial charge in [0, 0.05) is 34.6 Å². The molecular formula is C15H8N2OS4. The van der Waals surface area contributed by atoms with E-state index in [-0.39, 0.29) is 4.06 Å². The van der Waals surface area contributed by atoms with Crippen molar-refractivity contribution in [3.05, 3.63) is 69.0 Å². The lowest BCUT2D eigenvalue weighted by molar-refractivity contribution is 1.32. The summed E-state index contributed by atoms with van der Waals surface area (Å²) in [4.78, 5) is 22.2. The van der Waals surface area contributed by atoms with E-state index in [0.717, 1.165) is 19.5 Å². The highest BCUT2D eigenvalue weighted by Gasteiger charge is 2.25. The fourth-order valence-electron chi connectivity index (χ4n) is 2.05. The van der Waals surface area contributed by atoms with E-state index in [1.165, 1.54) is 32.5 Å². The molecule has 0 bridgehead atoms. The van der Waals surface area contributed by atoms with Gasteiger partial charge in [-0.25, -0.2) is 0 Å². The second kappa shape index (κ2) is 6.00. The van der Waals surface area contributed by atoms with Gasteiger partial charge in [0.1, 0.15) is 0 Å². The topological polar surface area (TPSA) is 42.9 Å². The van der Waals surface area contributed by atoms with E-state index in [4.69, 9.17) is 0 Å². The minimum absolute atomic E-state index is 0.148. The molecule has 108 valence electrons. The van der Waals surface area contributed by atoms with Crippen LogP contribution >= 0.6 is 46.2 Å². The van der Waals surface area contributed by atoms with Crippen molar-refractivity contribution >= 4 is 56.0 Å². The lowest BCUT2D eigenvalue weighted by atomic mass is 10.2. The Bertz CT molecular complexity index is 828. The van der Waals surface area contributed by atoms with E-state index in [1.54, 1.807) is 48.3 Å². The normalized spacial score (nSPS) is 14.0. The molecule has 3 nitrogen and oxygen atoms in total. The lowest BCUT2D eigenvalue weighted by Crippen LogP contribution is -1.91. The first-order valence-corrected chi connectivity index (χ1v) is 9.62. The quantitative estimate of drug-likeness (QED) is 0.663. The summed E-state index contributed by atoms with van der Waals surface area (Å²) in [7, 11) is 0. The first-order chi connectivity index (χ1) is 10.8. The van der Waals surface area contributed by atoms with Crippen molar-refractivity contribution in [2.75, 3.05) is 0 Å². The van der Waals surface area contributed by atoms with Crippen molar-refractivity contribution in [2.45, 2.75) is 8.42 Å². The van der Waals surface area contributed by atoms with Gasteiger partial charge in [0.05, 0.1) is 8.42 Å². The van der Waals surface area contributed by atoms with Gasteiger partial charge in [0.25, 0.3) is 4.06 Å². The van der Waals surface area contributed by atoms with E-state index in [0.29, 0.717) is 0 Å². The number of thioether (sulfide) groups is 2. The molecule has 0 aliphatic carbocycles. The molecule has 1 aliphatic rings. The third-order valence-electron chi connectivity index (χ3n) is 3.00. The van der Waals surface area contributed by atoms with Crippen molar-refractivity contribution in [1.29, 1.82) is 0 Å². The number of nitrogens with zero attached hydrogens (tertiary/aromatic N) is 2. The first-order valence-electron chi connectivity index (χ1n) is 6.36. The number of fused-ring (bicyclic) bond motifs is 1. The van der Waals surface area contributed by atoms with Crippen LogP contribution in [0, 0.1) is 0 Å². The predicted molar refractivity (Wildman–Crippen MR) is 95.5 cm³/mol. The van der Waals surface area contributed by atoms with Crippen LogP contribution in [0.3, 0.4) is 0 Å². The highest BCUT2D eigenvalue weighted by atomic mass is 32.2. The van der Waals surface area contributed by atoms with Crippen LogP contribution in [0.5, 0.6) is 0 Å². The number of hydrogen-bond acceptors (Lipinski definition) is 7. The molecule has 0 saturated carbocycles. The molecule has 3 aromatic rings. The summed E-state index contributed by atoms with van der Waals surface area (Å²) in [5.74, 6) is 0. The summed E-state index contributed by atoms with van der Waals surface area (Å²) in [6, 6.07) is 8.02. The average molecular weight is 361 g/mol. The van der Waals surface area contributed by atoms with Crippen LogP contribution in [-0.2, 0) is 0 Å². The van der Waals surface area contributed by atoms with E-state index in [1.807, 2.05) is 24.3 Å². The number of pyridine rings is 2. The van der Waals surface area contributed by atoms with Gasteiger partial charge in [-0.3, -0.25) is 14.8 Å². The van der Waals surface area contributed by atoms with Gasteiger partial charge < -0.3 is 0 Å². The lowest BCUT2D eigenvalue weighted by Gasteiger charge is -2.19. The van der Waals surface area contributed by atoms with Crippen molar-refractivity contribution < 1.29 is 0 Å². The Morgan fingerprint density at radius 3 is 1.50 bits per heavy atom. The molecule has 0 spiro atoms. The Hall–Kier alpha value is -1.41. The molecule has 22 heavy (non-hydrogen) atoms. The van der Waals surface area contributed by atoms with Crippen molar-refractivity contribution in [3.63, 3.8) is 0 Å². The summed E-state index contributed by atoms with van der Waals surface area (Å²) in [6.45, 7) is 0. The Morgan fingerprint density at radius 1 is 0.682 bits per heavy atom. The first kappa shape index (κ1) is 14.2. The van der Waals surface area contributed by atoms with Crippen LogP contribution in [0.1, 0.15) is 11.1 Å². The summed E-state index contributed by atoms with van der Waals surface area (Å²) >= 11 is 6.00. The van der Waals surface area contributed by atoms with Gasteiger partial charge in [0.15, 0.2) is 0 Å². The van der Waals surface area contributed by atoms with Gasteiger partial charge in [0.2, 0.25) is 0 Å². The molecule has 7 heteroatoms. The van der Waals surface area contributed by atoms with Crippen LogP contribution in [0.25, 0.3) is 9.81 Å². The molecule has 4 rings (SSSR count). The van der Waals surface area contributed by atoms with Crippen LogP contribution in [0.4, 0.5) is 0 Å². The molecular weight excluding hydrogens is 352 g/mol. The van der Waals surface area contributed by atoms with Crippen molar-refractivity contribution in [3.8, 4) is 0 Å². The van der Waals surface area contributed by atoms with Crippen molar-refractivity contribution in [2.24, 2.45) is 0 Å². The van der Waals surface area contributed by atoms with Crippen LogP contribution in [-0.4, -0.2) is 9.97 Å². The van der Waals surface area contributed by atoms with Crippen LogP contribution in [0.15, 0.2) is 62.3 Å². The maximum Gasteiger partial charge on any atom is 0.289 e. The van der Waals surface area contributed by atoms with E-state index in [2.05, 4.69) is 9.97 Å². The van der Waals surface area contributed by atoms with Gasteiger partial charge in [-0.15, -0.1) is 0 Å². The van der Waals surface area contributed by atoms with Crippen LogP contribution in [0.2, 0.25) is 0 Å². The molecule has 0 unspecified atom stereocenters. The zero-order valence-corrected chi connectivity index (χ0v) is 14.3. The monoisotopic (exact) mass is 360 g/mol. The average Bonchev–Trinajstić information content (AvgIpc) is 2.94. The molecule has 0 aromatic carbocycles. The second-order valence-electron chi connectivity index (χ2n) is 4.36. The molecule has 0 atom stereocenters. The predicted octanol–water partition coefficient (Wildman–Crippen LogP) is 4.68. The zero-order valence-electron chi connectivity index (χ0n) is 11.1. The fraction of sp³-hybridized carbons (Fsp3) is 0. The largest absolute Gasteiger partial charge is 0.289 e. The summed E-state index contributed by atoms with van der Waals surface area (Å²) in [5, 5.41) is 0. The van der Waals surface area contributed by atoms with Crippen LogP contribution < -0.4 is 4.06 Å². The molecule has 0 N–H and O–H groups in total. The van der Waals surface area contributed by atoms with E-state index in [9.17, 15) is 4.79 Å². The molecule has 1 aliphatic heterocycles. The SMILES string of the molecule is O=c1sc2c(s1)SC(c1ccncc1)=C(c1ccncc1)S2. The maximum atomic E-state index is 11.7. The van der Waals surface area contributed by atoms with Crippen molar-refractivity contribution in [1.82, 2.24) is 9.97 Å². The molecule has 0 amide bonds. The molecule has 0 fully saturated rings. The molecule has 0 radical (unpaired) electrons. The second-order valence-corrected chi connectivity index (χ2v) is 9.15. The third kappa shape index (κ3) is 2.65. The maximum absolute atomic E-state index is 11.7. The smallest absolute Gasteiger partial charge is 0.265 e. The van der Waals surface area contributed by atoms with Gasteiger partial charge in [-0.05, 0) is 35.4 Å². The highest BCUT2D eigenvalue weighted by Crippen LogP contribution is 2.56. The summed E-state index contributed by atoms with van der Waals surface area (Å²) in [5.41, 5.74) is 2.24. The summed E-state index contributed by atoms with van der Waals surface area (Å²) in [6.07, 6.45) is 7.18. The zero-order chi connectivity index (χ0) is 14.9. The molecule has 4 heterocycles. The minimum Gasteiger partial charge on any atom is -0.265 e. The Labute approximate surface area is 143 Å². The summed E-state index contributed by atoms with van der Waals surface area (Å²) < 4.78 is 2.32. The number of rotatable bonds is 2. The van der Waals surface area contributed by atoms with Gasteiger partial charge in [-0.1, -0.05) is 46.2 Å². The number of aromatic nitrogens is 2. The molecule has 0 saturated heterocycles.